The number of rotatable bonds is 8. The summed E-state index contributed by atoms with van der Waals surface area (Å²) in [6, 6.07) is 17.7. The van der Waals surface area contributed by atoms with Crippen molar-refractivity contribution in [2.24, 2.45) is 0 Å². The van der Waals surface area contributed by atoms with Gasteiger partial charge in [-0.15, -0.1) is 0 Å². The molecule has 6 heteroatoms. The van der Waals surface area contributed by atoms with Crippen molar-refractivity contribution in [1.29, 1.82) is 0 Å². The topological polar surface area (TPSA) is 60.8 Å². The van der Waals surface area contributed by atoms with E-state index in [1.54, 1.807) is 26.1 Å². The van der Waals surface area contributed by atoms with Crippen LogP contribution in [0.5, 0.6) is 5.75 Å². The highest BCUT2D eigenvalue weighted by Gasteiger charge is 2.17. The highest BCUT2D eigenvalue weighted by Crippen LogP contribution is 2.30. The van der Waals surface area contributed by atoms with Gasteiger partial charge in [0, 0.05) is 31.0 Å². The predicted molar refractivity (Wildman–Crippen MR) is 125 cm³/mol. The molecule has 0 aliphatic carbocycles. The van der Waals surface area contributed by atoms with Crippen molar-refractivity contribution < 1.29 is 19.1 Å². The molecule has 0 saturated carbocycles. The Kier molecular flexibility index (Phi) is 7.36. The molecule has 0 aliphatic heterocycles. The highest BCUT2D eigenvalue weighted by molar-refractivity contribution is 5.94. The average molecular weight is 435 g/mol. The molecule has 0 saturated heterocycles. The number of aromatic nitrogens is 1. The molecule has 6 nitrogen and oxygen atoms in total. The Morgan fingerprint density at radius 3 is 2.31 bits per heavy atom. The third-order valence-corrected chi connectivity index (χ3v) is 5.33. The SMILES string of the molecule is CCOC(=O)CCc1ccc(-c2ccc(OC)cc2)n1-c1ccc(C(=O)N(C)C)cc1C. The monoisotopic (exact) mass is 434 g/mol. The van der Waals surface area contributed by atoms with Crippen LogP contribution in [0, 0.1) is 6.92 Å². The summed E-state index contributed by atoms with van der Waals surface area (Å²) >= 11 is 0. The molecule has 0 radical (unpaired) electrons. The second-order valence-corrected chi connectivity index (χ2v) is 7.78. The van der Waals surface area contributed by atoms with E-state index >= 15 is 0 Å². The van der Waals surface area contributed by atoms with E-state index in [0.29, 0.717) is 25.0 Å². The highest BCUT2D eigenvalue weighted by atomic mass is 16.5. The lowest BCUT2D eigenvalue weighted by atomic mass is 10.1. The smallest absolute Gasteiger partial charge is 0.306 e. The van der Waals surface area contributed by atoms with E-state index in [1.807, 2.05) is 62.4 Å². The maximum absolute atomic E-state index is 12.4. The van der Waals surface area contributed by atoms with Crippen molar-refractivity contribution >= 4 is 11.9 Å². The van der Waals surface area contributed by atoms with Crippen LogP contribution in [0.25, 0.3) is 16.9 Å². The third kappa shape index (κ3) is 5.02. The lowest BCUT2D eigenvalue weighted by Gasteiger charge is -2.18. The van der Waals surface area contributed by atoms with Crippen molar-refractivity contribution in [2.45, 2.75) is 26.7 Å². The summed E-state index contributed by atoms with van der Waals surface area (Å²) < 4.78 is 12.6. The van der Waals surface area contributed by atoms with Gasteiger partial charge in [0.25, 0.3) is 5.91 Å². The molecule has 1 amide bonds. The lowest BCUT2D eigenvalue weighted by Crippen LogP contribution is -2.21. The molecule has 0 atom stereocenters. The standard InChI is InChI=1S/C26H30N2O4/c1-6-32-25(29)16-11-21-10-15-24(19-7-12-22(31-5)13-8-19)28(21)23-14-9-20(17-18(23)2)26(30)27(3)4/h7-10,12-15,17H,6,11,16H2,1-5H3. The van der Waals surface area contributed by atoms with Gasteiger partial charge in [0.05, 0.1) is 25.8 Å². The molecule has 0 spiro atoms. The van der Waals surface area contributed by atoms with Crippen molar-refractivity contribution in [3.8, 4) is 22.7 Å². The molecule has 32 heavy (non-hydrogen) atoms. The zero-order valence-corrected chi connectivity index (χ0v) is 19.3. The molecule has 0 fully saturated rings. The van der Waals surface area contributed by atoms with Gasteiger partial charge in [-0.1, -0.05) is 0 Å². The van der Waals surface area contributed by atoms with Crippen molar-refractivity contribution in [3.05, 3.63) is 71.4 Å². The number of ether oxygens (including phenoxy) is 2. The average Bonchev–Trinajstić information content (AvgIpc) is 3.20. The first kappa shape index (κ1) is 23.1. The number of amides is 1. The maximum Gasteiger partial charge on any atom is 0.306 e. The number of carbonyl (C=O) groups is 2. The van der Waals surface area contributed by atoms with Crippen LogP contribution in [0.15, 0.2) is 54.6 Å². The van der Waals surface area contributed by atoms with Crippen LogP contribution in [0.4, 0.5) is 0 Å². The molecule has 3 aromatic rings. The van der Waals surface area contributed by atoms with E-state index in [1.165, 1.54) is 0 Å². The molecule has 1 heterocycles. The maximum atomic E-state index is 12.4. The molecular formula is C26H30N2O4. The zero-order valence-electron chi connectivity index (χ0n) is 19.3. The van der Waals surface area contributed by atoms with Gasteiger partial charge < -0.3 is 18.9 Å². The van der Waals surface area contributed by atoms with Crippen molar-refractivity contribution in [3.63, 3.8) is 0 Å². The Bertz CT molecular complexity index is 1100. The van der Waals surface area contributed by atoms with Crippen molar-refractivity contribution in [1.82, 2.24) is 9.47 Å². The van der Waals surface area contributed by atoms with E-state index in [-0.39, 0.29) is 11.9 Å². The second-order valence-electron chi connectivity index (χ2n) is 7.78. The lowest BCUT2D eigenvalue weighted by molar-refractivity contribution is -0.143. The van der Waals surface area contributed by atoms with Crippen LogP contribution >= 0.6 is 0 Å². The first-order valence-electron chi connectivity index (χ1n) is 10.7. The second kappa shape index (κ2) is 10.2. The largest absolute Gasteiger partial charge is 0.497 e. The Balaban J connectivity index is 2.07. The van der Waals surface area contributed by atoms with Gasteiger partial charge >= 0.3 is 5.97 Å². The van der Waals surface area contributed by atoms with Gasteiger partial charge in [-0.05, 0) is 86.0 Å². The molecule has 168 valence electrons. The molecule has 3 rings (SSSR count). The van der Waals surface area contributed by atoms with Gasteiger partial charge in [0.2, 0.25) is 0 Å². The number of hydrogen-bond acceptors (Lipinski definition) is 4. The normalized spacial score (nSPS) is 10.7. The summed E-state index contributed by atoms with van der Waals surface area (Å²) in [5.74, 6) is 0.539. The molecular weight excluding hydrogens is 404 g/mol. The summed E-state index contributed by atoms with van der Waals surface area (Å²) in [5, 5.41) is 0. The van der Waals surface area contributed by atoms with Crippen LogP contribution in [0.1, 0.15) is 35.0 Å². The molecule has 1 aromatic heterocycles. The van der Waals surface area contributed by atoms with E-state index in [2.05, 4.69) is 10.6 Å². The van der Waals surface area contributed by atoms with Crippen LogP contribution in [0.3, 0.4) is 0 Å². The first-order valence-corrected chi connectivity index (χ1v) is 10.7. The minimum atomic E-state index is -0.213. The molecule has 0 N–H and O–H groups in total. The van der Waals surface area contributed by atoms with E-state index in [0.717, 1.165) is 34.0 Å². The van der Waals surface area contributed by atoms with Gasteiger partial charge in [0.15, 0.2) is 0 Å². The number of carbonyl (C=O) groups excluding carboxylic acids is 2. The summed E-state index contributed by atoms with van der Waals surface area (Å²) in [6.07, 6.45) is 0.850. The number of benzene rings is 2. The Morgan fingerprint density at radius 1 is 1.00 bits per heavy atom. The Labute approximate surface area is 189 Å². The fourth-order valence-corrected chi connectivity index (χ4v) is 3.71. The quantitative estimate of drug-likeness (QED) is 0.484. The number of methoxy groups -OCH3 is 1. The molecule has 2 aromatic carbocycles. The third-order valence-electron chi connectivity index (χ3n) is 5.33. The van der Waals surface area contributed by atoms with Gasteiger partial charge in [-0.25, -0.2) is 0 Å². The van der Waals surface area contributed by atoms with Gasteiger partial charge in [0.1, 0.15) is 5.75 Å². The Hall–Kier alpha value is -3.54. The minimum absolute atomic E-state index is 0.0370. The molecule has 0 aliphatic rings. The fourth-order valence-electron chi connectivity index (χ4n) is 3.71. The van der Waals surface area contributed by atoms with Crippen LogP contribution in [0.2, 0.25) is 0 Å². The van der Waals surface area contributed by atoms with E-state index < -0.39 is 0 Å². The molecule has 0 unspecified atom stereocenters. The number of aryl methyl sites for hydroxylation is 2. The van der Waals surface area contributed by atoms with Crippen molar-refractivity contribution in [2.75, 3.05) is 27.8 Å². The van der Waals surface area contributed by atoms with Crippen LogP contribution in [-0.2, 0) is 16.0 Å². The predicted octanol–water partition coefficient (Wildman–Crippen LogP) is 4.66. The number of nitrogens with zero attached hydrogens (tertiary/aromatic N) is 2. The Morgan fingerprint density at radius 2 is 1.72 bits per heavy atom. The zero-order chi connectivity index (χ0) is 23.3. The van der Waals surface area contributed by atoms with E-state index in [4.69, 9.17) is 9.47 Å². The minimum Gasteiger partial charge on any atom is -0.497 e. The number of hydrogen-bond donors (Lipinski definition) is 0. The summed E-state index contributed by atoms with van der Waals surface area (Å²) in [7, 11) is 5.13. The van der Waals surface area contributed by atoms with Crippen LogP contribution < -0.4 is 4.74 Å². The first-order chi connectivity index (χ1) is 15.3. The van der Waals surface area contributed by atoms with Gasteiger partial charge in [-0.2, -0.15) is 0 Å². The molecule has 0 bridgehead atoms. The van der Waals surface area contributed by atoms with Gasteiger partial charge in [-0.3, -0.25) is 9.59 Å². The van der Waals surface area contributed by atoms with E-state index in [9.17, 15) is 9.59 Å². The number of esters is 1. The fraction of sp³-hybridized carbons (Fsp3) is 0.308. The van der Waals surface area contributed by atoms with Crippen LogP contribution in [-0.4, -0.2) is 49.2 Å². The summed E-state index contributed by atoms with van der Waals surface area (Å²) in [4.78, 5) is 25.9. The summed E-state index contributed by atoms with van der Waals surface area (Å²) in [6.45, 7) is 4.18. The summed E-state index contributed by atoms with van der Waals surface area (Å²) in [5.41, 5.74) is 5.61.